The van der Waals surface area contributed by atoms with Gasteiger partial charge in [-0.05, 0) is 48.4 Å². The van der Waals surface area contributed by atoms with Crippen molar-refractivity contribution in [3.63, 3.8) is 0 Å². The molecule has 3 rings (SSSR count). The molecular weight excluding hydrogens is 336 g/mol. The summed E-state index contributed by atoms with van der Waals surface area (Å²) in [5, 5.41) is 5.66. The zero-order valence-corrected chi connectivity index (χ0v) is 14.1. The lowest BCUT2D eigenvalue weighted by atomic mass is 10.1. The highest BCUT2D eigenvalue weighted by atomic mass is 19.2. The Kier molecular flexibility index (Phi) is 5.22. The molecule has 0 atom stereocenters. The maximum atomic E-state index is 13.2. The average molecular weight is 353 g/mol. The number of carbonyl (C=O) groups is 1. The Morgan fingerprint density at radius 2 is 1.69 bits per heavy atom. The Morgan fingerprint density at radius 3 is 2.38 bits per heavy atom. The first-order chi connectivity index (χ1) is 12.5. The van der Waals surface area contributed by atoms with Gasteiger partial charge in [0, 0.05) is 29.2 Å². The molecule has 1 aromatic heterocycles. The molecule has 0 aliphatic rings. The van der Waals surface area contributed by atoms with E-state index in [0.717, 1.165) is 24.2 Å². The van der Waals surface area contributed by atoms with E-state index in [0.29, 0.717) is 11.4 Å². The zero-order chi connectivity index (χ0) is 18.5. The predicted molar refractivity (Wildman–Crippen MR) is 97.7 cm³/mol. The van der Waals surface area contributed by atoms with E-state index in [1.807, 2.05) is 24.3 Å². The normalized spacial score (nSPS) is 10.4. The number of aryl methyl sites for hydroxylation is 1. The number of carbonyl (C=O) groups excluding carboxylic acids is 1. The number of anilines is 3. The van der Waals surface area contributed by atoms with Crippen molar-refractivity contribution in [3.8, 4) is 0 Å². The summed E-state index contributed by atoms with van der Waals surface area (Å²) in [7, 11) is 0. The van der Waals surface area contributed by atoms with Crippen LogP contribution in [-0.2, 0) is 6.42 Å². The van der Waals surface area contributed by atoms with Crippen molar-refractivity contribution in [1.82, 2.24) is 4.98 Å². The van der Waals surface area contributed by atoms with Crippen molar-refractivity contribution in [2.45, 2.75) is 13.3 Å². The van der Waals surface area contributed by atoms with Gasteiger partial charge in [0.15, 0.2) is 11.6 Å². The summed E-state index contributed by atoms with van der Waals surface area (Å²) in [5.74, 6) is -1.92. The van der Waals surface area contributed by atoms with E-state index in [-0.39, 0.29) is 5.69 Å². The number of nitrogens with one attached hydrogen (secondary N) is 2. The minimum absolute atomic E-state index is 0.176. The third kappa shape index (κ3) is 4.22. The summed E-state index contributed by atoms with van der Waals surface area (Å²) in [6.45, 7) is 2.08. The Bertz CT molecular complexity index is 927. The SMILES string of the molecule is CCc1ccc(Nc2cc(C(=O)Nc3ccc(F)c(F)c3)ccn2)cc1. The number of rotatable bonds is 5. The van der Waals surface area contributed by atoms with Crippen molar-refractivity contribution in [1.29, 1.82) is 0 Å². The van der Waals surface area contributed by atoms with Gasteiger partial charge in [0.1, 0.15) is 5.82 Å². The molecule has 1 heterocycles. The van der Waals surface area contributed by atoms with Crippen molar-refractivity contribution in [3.05, 3.63) is 83.6 Å². The van der Waals surface area contributed by atoms with E-state index in [9.17, 15) is 13.6 Å². The quantitative estimate of drug-likeness (QED) is 0.685. The first kappa shape index (κ1) is 17.5. The van der Waals surface area contributed by atoms with Crippen LogP contribution in [0.25, 0.3) is 0 Å². The van der Waals surface area contributed by atoms with E-state index >= 15 is 0 Å². The topological polar surface area (TPSA) is 54.0 Å². The van der Waals surface area contributed by atoms with E-state index in [1.54, 1.807) is 12.1 Å². The van der Waals surface area contributed by atoms with Crippen LogP contribution in [0.4, 0.5) is 26.0 Å². The number of aromatic nitrogens is 1. The average Bonchev–Trinajstić information content (AvgIpc) is 2.65. The predicted octanol–water partition coefficient (Wildman–Crippen LogP) is 4.92. The van der Waals surface area contributed by atoms with Crippen LogP contribution in [0.3, 0.4) is 0 Å². The van der Waals surface area contributed by atoms with Gasteiger partial charge in [-0.2, -0.15) is 0 Å². The maximum absolute atomic E-state index is 13.2. The second-order valence-corrected chi connectivity index (χ2v) is 5.69. The van der Waals surface area contributed by atoms with Crippen LogP contribution in [0.1, 0.15) is 22.8 Å². The molecule has 0 radical (unpaired) electrons. The lowest BCUT2D eigenvalue weighted by Gasteiger charge is -2.09. The Labute approximate surface area is 149 Å². The van der Waals surface area contributed by atoms with Gasteiger partial charge in [-0.15, -0.1) is 0 Å². The molecule has 0 saturated heterocycles. The zero-order valence-electron chi connectivity index (χ0n) is 14.1. The van der Waals surface area contributed by atoms with Crippen LogP contribution >= 0.6 is 0 Å². The fourth-order valence-corrected chi connectivity index (χ4v) is 2.39. The third-order valence-electron chi connectivity index (χ3n) is 3.83. The lowest BCUT2D eigenvalue weighted by Crippen LogP contribution is -2.12. The first-order valence-electron chi connectivity index (χ1n) is 8.13. The Balaban J connectivity index is 1.73. The lowest BCUT2D eigenvalue weighted by molar-refractivity contribution is 0.102. The molecule has 1 amide bonds. The molecule has 6 heteroatoms. The van der Waals surface area contributed by atoms with Gasteiger partial charge in [-0.3, -0.25) is 4.79 Å². The van der Waals surface area contributed by atoms with Crippen LogP contribution in [-0.4, -0.2) is 10.9 Å². The van der Waals surface area contributed by atoms with E-state index in [4.69, 9.17) is 0 Å². The van der Waals surface area contributed by atoms with Crippen LogP contribution < -0.4 is 10.6 Å². The molecule has 132 valence electrons. The van der Waals surface area contributed by atoms with Crippen molar-refractivity contribution < 1.29 is 13.6 Å². The van der Waals surface area contributed by atoms with E-state index < -0.39 is 17.5 Å². The standard InChI is InChI=1S/C20H17F2N3O/c1-2-13-3-5-15(6-4-13)24-19-11-14(9-10-23-19)20(26)25-16-7-8-17(21)18(22)12-16/h3-12H,2H2,1H3,(H,23,24)(H,25,26). The first-order valence-corrected chi connectivity index (χ1v) is 8.13. The second kappa shape index (κ2) is 7.74. The molecule has 0 unspecified atom stereocenters. The molecule has 0 spiro atoms. The number of amides is 1. The van der Waals surface area contributed by atoms with E-state index in [1.165, 1.54) is 17.8 Å². The largest absolute Gasteiger partial charge is 0.340 e. The molecule has 26 heavy (non-hydrogen) atoms. The highest BCUT2D eigenvalue weighted by Gasteiger charge is 2.10. The molecule has 3 aromatic rings. The third-order valence-corrected chi connectivity index (χ3v) is 3.83. The van der Waals surface area contributed by atoms with Gasteiger partial charge in [0.2, 0.25) is 0 Å². The number of halogens is 2. The Morgan fingerprint density at radius 1 is 0.962 bits per heavy atom. The second-order valence-electron chi connectivity index (χ2n) is 5.69. The number of hydrogen-bond acceptors (Lipinski definition) is 3. The highest BCUT2D eigenvalue weighted by Crippen LogP contribution is 2.18. The minimum atomic E-state index is -1.02. The summed E-state index contributed by atoms with van der Waals surface area (Å²) >= 11 is 0. The number of hydrogen-bond donors (Lipinski definition) is 2. The summed E-state index contributed by atoms with van der Waals surface area (Å²) in [5.41, 5.74) is 2.60. The molecule has 0 aliphatic heterocycles. The fourth-order valence-electron chi connectivity index (χ4n) is 2.39. The number of nitrogens with zero attached hydrogens (tertiary/aromatic N) is 1. The van der Waals surface area contributed by atoms with Crippen molar-refractivity contribution >= 4 is 23.1 Å². The molecule has 0 aliphatic carbocycles. The van der Waals surface area contributed by atoms with Crippen LogP contribution in [0, 0.1) is 11.6 Å². The van der Waals surface area contributed by atoms with Crippen LogP contribution in [0.2, 0.25) is 0 Å². The van der Waals surface area contributed by atoms with Crippen LogP contribution in [0.5, 0.6) is 0 Å². The van der Waals surface area contributed by atoms with Gasteiger partial charge in [0.25, 0.3) is 5.91 Å². The van der Waals surface area contributed by atoms with Gasteiger partial charge >= 0.3 is 0 Å². The molecule has 0 fully saturated rings. The molecule has 2 N–H and O–H groups in total. The van der Waals surface area contributed by atoms with Gasteiger partial charge < -0.3 is 10.6 Å². The monoisotopic (exact) mass is 353 g/mol. The van der Waals surface area contributed by atoms with Gasteiger partial charge in [0.05, 0.1) is 0 Å². The summed E-state index contributed by atoms with van der Waals surface area (Å²) in [6.07, 6.45) is 2.46. The van der Waals surface area contributed by atoms with Crippen LogP contribution in [0.15, 0.2) is 60.8 Å². The number of benzene rings is 2. The highest BCUT2D eigenvalue weighted by molar-refractivity contribution is 6.04. The Hall–Kier alpha value is -3.28. The summed E-state index contributed by atoms with van der Waals surface area (Å²) in [4.78, 5) is 16.5. The molecule has 2 aromatic carbocycles. The van der Waals surface area contributed by atoms with Crippen molar-refractivity contribution in [2.24, 2.45) is 0 Å². The molecule has 0 bridgehead atoms. The molecule has 4 nitrogen and oxygen atoms in total. The molecule has 0 saturated carbocycles. The fraction of sp³-hybridized carbons (Fsp3) is 0.100. The maximum Gasteiger partial charge on any atom is 0.255 e. The molecular formula is C20H17F2N3O. The van der Waals surface area contributed by atoms with Crippen molar-refractivity contribution in [2.75, 3.05) is 10.6 Å². The number of pyridine rings is 1. The van der Waals surface area contributed by atoms with E-state index in [2.05, 4.69) is 22.5 Å². The smallest absolute Gasteiger partial charge is 0.255 e. The summed E-state index contributed by atoms with van der Waals surface area (Å²) < 4.78 is 26.2. The van der Waals surface area contributed by atoms with Gasteiger partial charge in [-0.1, -0.05) is 19.1 Å². The summed E-state index contributed by atoms with van der Waals surface area (Å²) in [6, 6.07) is 14.2. The minimum Gasteiger partial charge on any atom is -0.340 e. The van der Waals surface area contributed by atoms with Gasteiger partial charge in [-0.25, -0.2) is 13.8 Å².